The van der Waals surface area contributed by atoms with Gasteiger partial charge in [-0.2, -0.15) is 0 Å². The van der Waals surface area contributed by atoms with E-state index in [0.29, 0.717) is 6.04 Å². The van der Waals surface area contributed by atoms with Crippen LogP contribution in [0.25, 0.3) is 0 Å². The molecule has 1 aliphatic heterocycles. The van der Waals surface area contributed by atoms with Crippen molar-refractivity contribution in [3.63, 3.8) is 0 Å². The molecular formula is C12H25N3OS. The standard InChI is InChI=1S/C12H25N3OS/c1-3-16-9-5-7-13-12(17)14-11-6-4-8-15(2)10-11/h11H,3-10H2,1-2H3,(H2,13,14,17). The van der Waals surface area contributed by atoms with Crippen molar-refractivity contribution < 1.29 is 4.74 Å². The third kappa shape index (κ3) is 6.81. The van der Waals surface area contributed by atoms with Crippen LogP contribution in [0.1, 0.15) is 26.2 Å². The van der Waals surface area contributed by atoms with Crippen molar-refractivity contribution in [2.75, 3.05) is 39.9 Å². The highest BCUT2D eigenvalue weighted by atomic mass is 32.1. The monoisotopic (exact) mass is 259 g/mol. The fourth-order valence-electron chi connectivity index (χ4n) is 2.04. The third-order valence-electron chi connectivity index (χ3n) is 2.91. The number of piperidine rings is 1. The lowest BCUT2D eigenvalue weighted by atomic mass is 10.1. The molecule has 0 amide bonds. The van der Waals surface area contributed by atoms with E-state index < -0.39 is 0 Å². The zero-order valence-corrected chi connectivity index (χ0v) is 11.8. The van der Waals surface area contributed by atoms with Crippen LogP contribution in [-0.4, -0.2) is 55.9 Å². The maximum absolute atomic E-state index is 5.27. The Hall–Kier alpha value is -0.390. The summed E-state index contributed by atoms with van der Waals surface area (Å²) in [5.74, 6) is 0. The molecular weight excluding hydrogens is 234 g/mol. The van der Waals surface area contributed by atoms with Crippen molar-refractivity contribution in [2.45, 2.75) is 32.2 Å². The summed E-state index contributed by atoms with van der Waals surface area (Å²) in [4.78, 5) is 2.35. The van der Waals surface area contributed by atoms with Crippen LogP contribution in [-0.2, 0) is 4.74 Å². The Kier molecular flexibility index (Phi) is 7.48. The van der Waals surface area contributed by atoms with Crippen LogP contribution in [0.3, 0.4) is 0 Å². The van der Waals surface area contributed by atoms with Gasteiger partial charge < -0.3 is 20.3 Å². The highest BCUT2D eigenvalue weighted by molar-refractivity contribution is 7.80. The fourth-order valence-corrected chi connectivity index (χ4v) is 2.31. The SMILES string of the molecule is CCOCCCNC(=S)NC1CCCN(C)C1. The van der Waals surface area contributed by atoms with Crippen LogP contribution >= 0.6 is 12.2 Å². The van der Waals surface area contributed by atoms with Crippen LogP contribution in [0, 0.1) is 0 Å². The molecule has 1 saturated heterocycles. The molecule has 0 aromatic rings. The van der Waals surface area contributed by atoms with Gasteiger partial charge >= 0.3 is 0 Å². The van der Waals surface area contributed by atoms with Crippen LogP contribution in [0.2, 0.25) is 0 Å². The van der Waals surface area contributed by atoms with Gasteiger partial charge in [-0.15, -0.1) is 0 Å². The van der Waals surface area contributed by atoms with Gasteiger partial charge in [0.05, 0.1) is 0 Å². The van der Waals surface area contributed by atoms with E-state index in [1.807, 2.05) is 6.92 Å². The summed E-state index contributed by atoms with van der Waals surface area (Å²) in [5, 5.41) is 7.38. The van der Waals surface area contributed by atoms with Gasteiger partial charge in [0, 0.05) is 32.3 Å². The van der Waals surface area contributed by atoms with Crippen molar-refractivity contribution in [3.05, 3.63) is 0 Å². The second kappa shape index (κ2) is 8.66. The van der Waals surface area contributed by atoms with Gasteiger partial charge in [0.15, 0.2) is 5.11 Å². The van der Waals surface area contributed by atoms with Crippen molar-refractivity contribution >= 4 is 17.3 Å². The van der Waals surface area contributed by atoms with Crippen LogP contribution in [0.15, 0.2) is 0 Å². The molecule has 0 aromatic heterocycles. The molecule has 0 aromatic carbocycles. The van der Waals surface area contributed by atoms with E-state index in [9.17, 15) is 0 Å². The Morgan fingerprint density at radius 2 is 2.35 bits per heavy atom. The van der Waals surface area contributed by atoms with Crippen LogP contribution in [0.4, 0.5) is 0 Å². The molecule has 1 fully saturated rings. The van der Waals surface area contributed by atoms with Crippen LogP contribution < -0.4 is 10.6 Å². The fraction of sp³-hybridized carbons (Fsp3) is 0.917. The number of rotatable bonds is 6. The zero-order valence-electron chi connectivity index (χ0n) is 11.0. The summed E-state index contributed by atoms with van der Waals surface area (Å²) in [6.07, 6.45) is 3.46. The van der Waals surface area contributed by atoms with E-state index in [-0.39, 0.29) is 0 Å². The smallest absolute Gasteiger partial charge is 0.166 e. The maximum atomic E-state index is 5.27. The Morgan fingerprint density at radius 3 is 3.06 bits per heavy atom. The molecule has 17 heavy (non-hydrogen) atoms. The average molecular weight is 259 g/mol. The minimum absolute atomic E-state index is 0.501. The molecule has 2 N–H and O–H groups in total. The predicted octanol–water partition coefficient (Wildman–Crippen LogP) is 0.971. The van der Waals surface area contributed by atoms with Gasteiger partial charge in [-0.05, 0) is 52.0 Å². The molecule has 1 atom stereocenters. The Bertz CT molecular complexity index is 226. The lowest BCUT2D eigenvalue weighted by Crippen LogP contribution is -2.49. The van der Waals surface area contributed by atoms with Gasteiger partial charge in [0.25, 0.3) is 0 Å². The Morgan fingerprint density at radius 1 is 1.53 bits per heavy atom. The number of likely N-dealkylation sites (N-methyl/N-ethyl adjacent to an activating group) is 1. The molecule has 1 unspecified atom stereocenters. The highest BCUT2D eigenvalue weighted by Crippen LogP contribution is 2.07. The molecule has 1 heterocycles. The number of hydrogen-bond acceptors (Lipinski definition) is 3. The van der Waals surface area contributed by atoms with Crippen molar-refractivity contribution in [1.29, 1.82) is 0 Å². The number of thiocarbonyl (C=S) groups is 1. The van der Waals surface area contributed by atoms with E-state index in [1.165, 1.54) is 19.4 Å². The van der Waals surface area contributed by atoms with Crippen molar-refractivity contribution in [3.8, 4) is 0 Å². The van der Waals surface area contributed by atoms with Crippen molar-refractivity contribution in [2.24, 2.45) is 0 Å². The second-order valence-electron chi connectivity index (χ2n) is 4.55. The molecule has 1 aliphatic rings. The van der Waals surface area contributed by atoms with Gasteiger partial charge in [-0.3, -0.25) is 0 Å². The summed E-state index contributed by atoms with van der Waals surface area (Å²) in [7, 11) is 2.16. The molecule has 5 heteroatoms. The minimum atomic E-state index is 0.501. The zero-order chi connectivity index (χ0) is 12.5. The summed E-state index contributed by atoms with van der Waals surface area (Å²) < 4.78 is 5.27. The topological polar surface area (TPSA) is 36.5 Å². The molecule has 100 valence electrons. The number of likely N-dealkylation sites (tertiary alicyclic amines) is 1. The predicted molar refractivity (Wildman–Crippen MR) is 75.4 cm³/mol. The first-order chi connectivity index (χ1) is 8.22. The summed E-state index contributed by atoms with van der Waals surface area (Å²) in [6.45, 7) is 6.77. The lowest BCUT2D eigenvalue weighted by Gasteiger charge is -2.31. The molecule has 0 radical (unpaired) electrons. The second-order valence-corrected chi connectivity index (χ2v) is 4.96. The van der Waals surface area contributed by atoms with E-state index >= 15 is 0 Å². The van der Waals surface area contributed by atoms with E-state index in [1.54, 1.807) is 0 Å². The lowest BCUT2D eigenvalue weighted by molar-refractivity contribution is 0.145. The van der Waals surface area contributed by atoms with E-state index in [2.05, 4.69) is 22.6 Å². The number of nitrogens with one attached hydrogen (secondary N) is 2. The van der Waals surface area contributed by atoms with Crippen molar-refractivity contribution in [1.82, 2.24) is 15.5 Å². The first-order valence-corrected chi connectivity index (χ1v) is 6.94. The van der Waals surface area contributed by atoms with Crippen LogP contribution in [0.5, 0.6) is 0 Å². The first-order valence-electron chi connectivity index (χ1n) is 6.53. The molecule has 0 aliphatic carbocycles. The first kappa shape index (κ1) is 14.7. The quantitative estimate of drug-likeness (QED) is 0.549. The number of nitrogens with zero attached hydrogens (tertiary/aromatic N) is 1. The Labute approximate surface area is 110 Å². The van der Waals surface area contributed by atoms with Gasteiger partial charge in [0.1, 0.15) is 0 Å². The molecule has 0 bridgehead atoms. The third-order valence-corrected chi connectivity index (χ3v) is 3.18. The summed E-state index contributed by atoms with van der Waals surface area (Å²) in [6, 6.07) is 0.501. The summed E-state index contributed by atoms with van der Waals surface area (Å²) >= 11 is 5.27. The van der Waals surface area contributed by atoms with E-state index in [0.717, 1.165) is 37.8 Å². The minimum Gasteiger partial charge on any atom is -0.382 e. The molecule has 1 rings (SSSR count). The molecule has 4 nitrogen and oxygen atoms in total. The van der Waals surface area contributed by atoms with E-state index in [4.69, 9.17) is 17.0 Å². The summed E-state index contributed by atoms with van der Waals surface area (Å²) in [5.41, 5.74) is 0. The van der Waals surface area contributed by atoms with Gasteiger partial charge in [-0.25, -0.2) is 0 Å². The molecule has 0 saturated carbocycles. The highest BCUT2D eigenvalue weighted by Gasteiger charge is 2.17. The largest absolute Gasteiger partial charge is 0.382 e. The normalized spacial score (nSPS) is 21.2. The number of ether oxygens (including phenoxy) is 1. The maximum Gasteiger partial charge on any atom is 0.166 e. The average Bonchev–Trinajstić information content (AvgIpc) is 2.29. The Balaban J connectivity index is 2.04. The van der Waals surface area contributed by atoms with Gasteiger partial charge in [0.2, 0.25) is 0 Å². The molecule has 0 spiro atoms. The van der Waals surface area contributed by atoms with Gasteiger partial charge in [-0.1, -0.05) is 0 Å². The number of hydrogen-bond donors (Lipinski definition) is 2.